The molecule has 18 heavy (non-hydrogen) atoms. The number of hydrogen-bond donors (Lipinski definition) is 1. The molecule has 2 nitrogen and oxygen atoms in total. The fourth-order valence-corrected chi connectivity index (χ4v) is 2.53. The fourth-order valence-electron chi connectivity index (χ4n) is 2.53. The van der Waals surface area contributed by atoms with Crippen LogP contribution >= 0.6 is 0 Å². The Morgan fingerprint density at radius 1 is 1.33 bits per heavy atom. The van der Waals surface area contributed by atoms with E-state index in [1.165, 1.54) is 37.8 Å². The molecule has 1 heterocycles. The van der Waals surface area contributed by atoms with Crippen molar-refractivity contribution in [1.29, 1.82) is 0 Å². The third-order valence-corrected chi connectivity index (χ3v) is 3.56. The Morgan fingerprint density at radius 2 is 2.17 bits per heavy atom. The number of halogens is 1. The number of nitrogens with two attached hydrogens (primary N) is 1. The Morgan fingerprint density at radius 3 is 2.94 bits per heavy atom. The molecule has 1 aromatic rings. The molecular formula is C15H22FNO. The average molecular weight is 251 g/mol. The molecule has 100 valence electrons. The third kappa shape index (κ3) is 3.22. The highest BCUT2D eigenvalue weighted by atomic mass is 19.1. The van der Waals surface area contributed by atoms with E-state index >= 15 is 0 Å². The van der Waals surface area contributed by atoms with Crippen molar-refractivity contribution in [3.05, 3.63) is 29.6 Å². The Labute approximate surface area is 108 Å². The molecule has 2 atom stereocenters. The zero-order valence-corrected chi connectivity index (χ0v) is 11.0. The molecule has 0 aromatic heterocycles. The van der Waals surface area contributed by atoms with E-state index in [2.05, 4.69) is 6.92 Å². The van der Waals surface area contributed by atoms with Crippen LogP contribution < -0.4 is 10.5 Å². The zero-order valence-electron chi connectivity index (χ0n) is 11.0. The molecule has 3 heteroatoms. The Hall–Kier alpha value is -1.09. The SMILES string of the molecule is CCCCCCC1CC(N)c2cc(F)ccc2O1. The van der Waals surface area contributed by atoms with E-state index in [1.54, 1.807) is 6.07 Å². The van der Waals surface area contributed by atoms with Crippen molar-refractivity contribution < 1.29 is 9.13 Å². The maximum atomic E-state index is 13.1. The smallest absolute Gasteiger partial charge is 0.124 e. The van der Waals surface area contributed by atoms with Gasteiger partial charge >= 0.3 is 0 Å². The summed E-state index contributed by atoms with van der Waals surface area (Å²) in [6, 6.07) is 4.53. The van der Waals surface area contributed by atoms with Crippen molar-refractivity contribution >= 4 is 0 Å². The predicted molar refractivity (Wildman–Crippen MR) is 71.1 cm³/mol. The van der Waals surface area contributed by atoms with Gasteiger partial charge in [0.1, 0.15) is 17.7 Å². The first-order chi connectivity index (χ1) is 8.70. The highest BCUT2D eigenvalue weighted by Gasteiger charge is 2.25. The molecule has 2 N–H and O–H groups in total. The summed E-state index contributed by atoms with van der Waals surface area (Å²) in [6.07, 6.45) is 6.99. The monoisotopic (exact) mass is 251 g/mol. The van der Waals surface area contributed by atoms with Crippen molar-refractivity contribution in [2.24, 2.45) is 5.73 Å². The van der Waals surface area contributed by atoms with E-state index in [-0.39, 0.29) is 18.0 Å². The molecule has 1 aromatic carbocycles. The lowest BCUT2D eigenvalue weighted by molar-refractivity contribution is 0.146. The van der Waals surface area contributed by atoms with Crippen LogP contribution in [0.3, 0.4) is 0 Å². The van der Waals surface area contributed by atoms with Crippen LogP contribution in [-0.4, -0.2) is 6.10 Å². The van der Waals surface area contributed by atoms with E-state index in [9.17, 15) is 4.39 Å². The van der Waals surface area contributed by atoms with Gasteiger partial charge in [0.15, 0.2) is 0 Å². The minimum Gasteiger partial charge on any atom is -0.490 e. The molecule has 2 rings (SSSR count). The van der Waals surface area contributed by atoms with Crippen molar-refractivity contribution in [1.82, 2.24) is 0 Å². The molecule has 0 radical (unpaired) electrons. The van der Waals surface area contributed by atoms with Crippen LogP contribution in [0.25, 0.3) is 0 Å². The molecule has 1 aliphatic rings. The van der Waals surface area contributed by atoms with Crippen LogP contribution in [0.2, 0.25) is 0 Å². The second kappa shape index (κ2) is 6.19. The average Bonchev–Trinajstić information content (AvgIpc) is 2.36. The Bertz CT molecular complexity index is 394. The number of hydrogen-bond acceptors (Lipinski definition) is 2. The zero-order chi connectivity index (χ0) is 13.0. The van der Waals surface area contributed by atoms with Crippen molar-refractivity contribution in [2.75, 3.05) is 0 Å². The van der Waals surface area contributed by atoms with Crippen LogP contribution in [0.5, 0.6) is 5.75 Å². The van der Waals surface area contributed by atoms with E-state index in [0.717, 1.165) is 24.2 Å². The van der Waals surface area contributed by atoms with Gasteiger partial charge in [-0.05, 0) is 31.0 Å². The Balaban J connectivity index is 1.93. The normalized spacial score (nSPS) is 22.4. The molecule has 0 saturated heterocycles. The summed E-state index contributed by atoms with van der Waals surface area (Å²) in [4.78, 5) is 0. The Kier molecular flexibility index (Phi) is 4.59. The summed E-state index contributed by atoms with van der Waals surface area (Å²) in [6.45, 7) is 2.21. The number of ether oxygens (including phenoxy) is 1. The van der Waals surface area contributed by atoms with Gasteiger partial charge in [0.25, 0.3) is 0 Å². The summed E-state index contributed by atoms with van der Waals surface area (Å²) in [5.41, 5.74) is 6.89. The largest absolute Gasteiger partial charge is 0.490 e. The van der Waals surface area contributed by atoms with Gasteiger partial charge in [0.2, 0.25) is 0 Å². The van der Waals surface area contributed by atoms with Gasteiger partial charge in [-0.25, -0.2) is 4.39 Å². The summed E-state index contributed by atoms with van der Waals surface area (Å²) in [5.74, 6) is 0.518. The number of benzene rings is 1. The van der Waals surface area contributed by atoms with E-state index in [1.807, 2.05) is 0 Å². The molecule has 0 fully saturated rings. The van der Waals surface area contributed by atoms with Gasteiger partial charge in [0.05, 0.1) is 0 Å². The molecule has 0 aliphatic carbocycles. The first kappa shape index (κ1) is 13.3. The molecule has 0 bridgehead atoms. The topological polar surface area (TPSA) is 35.2 Å². The van der Waals surface area contributed by atoms with Crippen LogP contribution in [0.1, 0.15) is 57.1 Å². The van der Waals surface area contributed by atoms with Crippen molar-refractivity contribution in [2.45, 2.75) is 57.6 Å². The number of unbranched alkanes of at least 4 members (excludes halogenated alkanes) is 3. The third-order valence-electron chi connectivity index (χ3n) is 3.56. The highest BCUT2D eigenvalue weighted by molar-refractivity contribution is 5.38. The lowest BCUT2D eigenvalue weighted by Gasteiger charge is -2.30. The second-order valence-corrected chi connectivity index (χ2v) is 5.11. The first-order valence-electron chi connectivity index (χ1n) is 6.92. The minimum absolute atomic E-state index is 0.0966. The molecule has 0 spiro atoms. The van der Waals surface area contributed by atoms with Crippen molar-refractivity contribution in [3.8, 4) is 5.75 Å². The minimum atomic E-state index is -0.241. The number of fused-ring (bicyclic) bond motifs is 1. The van der Waals surface area contributed by atoms with E-state index < -0.39 is 0 Å². The van der Waals surface area contributed by atoms with Gasteiger partial charge in [-0.3, -0.25) is 0 Å². The fraction of sp³-hybridized carbons (Fsp3) is 0.600. The predicted octanol–water partition coefficient (Wildman–Crippen LogP) is 3.95. The quantitative estimate of drug-likeness (QED) is 0.804. The summed E-state index contributed by atoms with van der Waals surface area (Å²) >= 11 is 0. The maximum absolute atomic E-state index is 13.1. The lowest BCUT2D eigenvalue weighted by Crippen LogP contribution is -2.29. The van der Waals surface area contributed by atoms with Gasteiger partial charge in [0, 0.05) is 18.0 Å². The summed E-state index contributed by atoms with van der Waals surface area (Å²) in [7, 11) is 0. The lowest BCUT2D eigenvalue weighted by atomic mass is 9.94. The maximum Gasteiger partial charge on any atom is 0.124 e. The van der Waals surface area contributed by atoms with Gasteiger partial charge in [-0.15, -0.1) is 0 Å². The van der Waals surface area contributed by atoms with Crippen molar-refractivity contribution in [3.63, 3.8) is 0 Å². The highest BCUT2D eigenvalue weighted by Crippen LogP contribution is 2.35. The van der Waals surface area contributed by atoms with Crippen LogP contribution in [-0.2, 0) is 0 Å². The molecule has 0 saturated carbocycles. The number of rotatable bonds is 5. The summed E-state index contributed by atoms with van der Waals surface area (Å²) in [5, 5.41) is 0. The standard InChI is InChI=1S/C15H22FNO/c1-2-3-4-5-6-12-10-14(17)13-9-11(16)7-8-15(13)18-12/h7-9,12,14H,2-6,10,17H2,1H3. The molecular weight excluding hydrogens is 229 g/mol. The van der Waals surface area contributed by atoms with Crippen LogP contribution in [0.4, 0.5) is 4.39 Å². The van der Waals surface area contributed by atoms with Gasteiger partial charge in [-0.2, -0.15) is 0 Å². The molecule has 2 unspecified atom stereocenters. The summed E-state index contributed by atoms with van der Waals surface area (Å²) < 4.78 is 19.0. The first-order valence-corrected chi connectivity index (χ1v) is 6.92. The van der Waals surface area contributed by atoms with Gasteiger partial charge in [-0.1, -0.05) is 26.2 Å². The van der Waals surface area contributed by atoms with E-state index in [0.29, 0.717) is 0 Å². The van der Waals surface area contributed by atoms with E-state index in [4.69, 9.17) is 10.5 Å². The van der Waals surface area contributed by atoms with Crippen LogP contribution in [0.15, 0.2) is 18.2 Å². The second-order valence-electron chi connectivity index (χ2n) is 5.11. The van der Waals surface area contributed by atoms with Gasteiger partial charge < -0.3 is 10.5 Å². The molecule has 1 aliphatic heterocycles. The molecule has 0 amide bonds. The van der Waals surface area contributed by atoms with Crippen LogP contribution in [0, 0.1) is 5.82 Å².